The van der Waals surface area contributed by atoms with E-state index < -0.39 is 10.0 Å². The molecule has 1 aliphatic heterocycles. The number of anilines is 1. The molecule has 2 heterocycles. The zero-order valence-electron chi connectivity index (χ0n) is 11.5. The lowest BCUT2D eigenvalue weighted by molar-refractivity contribution is 0.393. The van der Waals surface area contributed by atoms with Crippen LogP contribution in [0.5, 0.6) is 0 Å². The van der Waals surface area contributed by atoms with Crippen LogP contribution >= 0.6 is 15.9 Å². The van der Waals surface area contributed by atoms with Gasteiger partial charge in [-0.1, -0.05) is 6.42 Å². The zero-order valence-corrected chi connectivity index (χ0v) is 13.9. The minimum absolute atomic E-state index is 0.127. The fourth-order valence-corrected chi connectivity index (χ4v) is 3.96. The van der Waals surface area contributed by atoms with Crippen LogP contribution < -0.4 is 10.0 Å². The zero-order chi connectivity index (χ0) is 14.6. The van der Waals surface area contributed by atoms with Crippen LogP contribution in [0.3, 0.4) is 0 Å². The fourth-order valence-electron chi connectivity index (χ4n) is 2.31. The standard InChI is InChI=1S/C13H20BrN3O2S/c1-10-8-11(14)9-16-13(10)17-20(18,19)7-5-12-4-2-3-6-15-12/h8-9,12,15H,2-7H2,1H3,(H,16,17). The van der Waals surface area contributed by atoms with Crippen LogP contribution in [0.2, 0.25) is 0 Å². The van der Waals surface area contributed by atoms with Gasteiger partial charge in [-0.2, -0.15) is 0 Å². The molecule has 1 atom stereocenters. The minimum atomic E-state index is -3.34. The lowest BCUT2D eigenvalue weighted by Crippen LogP contribution is -2.36. The third-order valence-electron chi connectivity index (χ3n) is 3.44. The molecule has 0 amide bonds. The second-order valence-electron chi connectivity index (χ2n) is 5.18. The smallest absolute Gasteiger partial charge is 0.233 e. The second kappa shape index (κ2) is 6.87. The van der Waals surface area contributed by atoms with E-state index in [1.165, 1.54) is 12.8 Å². The van der Waals surface area contributed by atoms with Gasteiger partial charge in [-0.3, -0.25) is 4.72 Å². The average molecular weight is 362 g/mol. The van der Waals surface area contributed by atoms with Crippen molar-refractivity contribution in [1.29, 1.82) is 0 Å². The van der Waals surface area contributed by atoms with Crippen LogP contribution in [0, 0.1) is 6.92 Å². The van der Waals surface area contributed by atoms with E-state index >= 15 is 0 Å². The number of nitrogens with one attached hydrogen (secondary N) is 2. The Kier molecular flexibility index (Phi) is 5.40. The lowest BCUT2D eigenvalue weighted by Gasteiger charge is -2.23. The third-order valence-corrected chi connectivity index (χ3v) is 5.16. The Hall–Kier alpha value is -0.660. The average Bonchev–Trinajstić information content (AvgIpc) is 2.41. The molecule has 20 heavy (non-hydrogen) atoms. The molecule has 1 aromatic heterocycles. The predicted molar refractivity (Wildman–Crippen MR) is 84.3 cm³/mol. The van der Waals surface area contributed by atoms with Crippen molar-refractivity contribution in [2.24, 2.45) is 0 Å². The molecule has 0 aromatic carbocycles. The van der Waals surface area contributed by atoms with Crippen LogP contribution in [0.4, 0.5) is 5.82 Å². The Bertz CT molecular complexity index is 557. The Morgan fingerprint density at radius 2 is 2.30 bits per heavy atom. The highest BCUT2D eigenvalue weighted by Crippen LogP contribution is 2.18. The molecule has 0 radical (unpaired) electrons. The van der Waals surface area contributed by atoms with Crippen LogP contribution in [-0.4, -0.2) is 31.7 Å². The molecular formula is C13H20BrN3O2S. The Morgan fingerprint density at radius 1 is 1.50 bits per heavy atom. The highest BCUT2D eigenvalue weighted by atomic mass is 79.9. The third kappa shape index (κ3) is 4.71. The molecule has 0 spiro atoms. The minimum Gasteiger partial charge on any atom is -0.314 e. The quantitative estimate of drug-likeness (QED) is 0.844. The molecule has 1 unspecified atom stereocenters. The number of pyridine rings is 1. The monoisotopic (exact) mass is 361 g/mol. The van der Waals surface area contributed by atoms with E-state index in [0.717, 1.165) is 23.0 Å². The van der Waals surface area contributed by atoms with Gasteiger partial charge in [0.05, 0.1) is 5.75 Å². The summed E-state index contributed by atoms with van der Waals surface area (Å²) in [4.78, 5) is 4.10. The maximum atomic E-state index is 12.1. The van der Waals surface area contributed by atoms with Gasteiger partial charge in [0.2, 0.25) is 10.0 Å². The summed E-state index contributed by atoms with van der Waals surface area (Å²) in [7, 11) is -3.34. The number of nitrogens with zero attached hydrogens (tertiary/aromatic N) is 1. The summed E-state index contributed by atoms with van der Waals surface area (Å²) in [5, 5.41) is 3.36. The van der Waals surface area contributed by atoms with E-state index in [9.17, 15) is 8.42 Å². The van der Waals surface area contributed by atoms with Crippen molar-refractivity contribution >= 4 is 31.8 Å². The van der Waals surface area contributed by atoms with Crippen molar-refractivity contribution in [2.45, 2.75) is 38.6 Å². The van der Waals surface area contributed by atoms with Crippen LogP contribution in [0.15, 0.2) is 16.7 Å². The first-order valence-electron chi connectivity index (χ1n) is 6.82. The van der Waals surface area contributed by atoms with Crippen molar-refractivity contribution in [2.75, 3.05) is 17.0 Å². The van der Waals surface area contributed by atoms with Crippen LogP contribution in [0.1, 0.15) is 31.2 Å². The summed E-state index contributed by atoms with van der Waals surface area (Å²) in [6.07, 6.45) is 5.66. The van der Waals surface area contributed by atoms with Crippen molar-refractivity contribution in [3.63, 3.8) is 0 Å². The topological polar surface area (TPSA) is 71.1 Å². The number of aromatic nitrogens is 1. The summed E-state index contributed by atoms with van der Waals surface area (Å²) in [6, 6.07) is 2.16. The van der Waals surface area contributed by atoms with E-state index in [-0.39, 0.29) is 5.75 Å². The fraction of sp³-hybridized carbons (Fsp3) is 0.615. The van der Waals surface area contributed by atoms with Crippen LogP contribution in [-0.2, 0) is 10.0 Å². The van der Waals surface area contributed by atoms with Crippen molar-refractivity contribution in [3.05, 3.63) is 22.3 Å². The van der Waals surface area contributed by atoms with E-state index in [2.05, 4.69) is 31.0 Å². The number of aryl methyl sites for hydroxylation is 1. The van der Waals surface area contributed by atoms with Gasteiger partial charge in [-0.15, -0.1) is 0 Å². The number of sulfonamides is 1. The molecule has 0 bridgehead atoms. The summed E-state index contributed by atoms with van der Waals surface area (Å²) in [5.41, 5.74) is 0.804. The van der Waals surface area contributed by atoms with Gasteiger partial charge in [-0.25, -0.2) is 13.4 Å². The summed E-state index contributed by atoms with van der Waals surface area (Å²) in [6.45, 7) is 2.82. The van der Waals surface area contributed by atoms with Gasteiger partial charge in [0, 0.05) is 16.7 Å². The summed E-state index contributed by atoms with van der Waals surface area (Å²) >= 11 is 3.31. The Labute approximate surface area is 128 Å². The van der Waals surface area contributed by atoms with Gasteiger partial charge in [-0.05, 0) is 60.3 Å². The number of halogens is 1. The van der Waals surface area contributed by atoms with Gasteiger partial charge < -0.3 is 5.32 Å². The highest BCUT2D eigenvalue weighted by Gasteiger charge is 2.18. The van der Waals surface area contributed by atoms with Gasteiger partial charge in [0.1, 0.15) is 5.82 Å². The van der Waals surface area contributed by atoms with E-state index in [4.69, 9.17) is 0 Å². The molecular weight excluding hydrogens is 342 g/mol. The molecule has 1 saturated heterocycles. The predicted octanol–water partition coefficient (Wildman–Crippen LogP) is 2.43. The molecule has 1 fully saturated rings. The first-order valence-corrected chi connectivity index (χ1v) is 9.27. The van der Waals surface area contributed by atoms with E-state index in [1.54, 1.807) is 6.20 Å². The molecule has 0 aliphatic carbocycles. The molecule has 7 heteroatoms. The highest BCUT2D eigenvalue weighted by molar-refractivity contribution is 9.10. The maximum absolute atomic E-state index is 12.1. The second-order valence-corrected chi connectivity index (χ2v) is 7.93. The molecule has 1 aromatic rings. The SMILES string of the molecule is Cc1cc(Br)cnc1NS(=O)(=O)CCC1CCCCN1. The number of hydrogen-bond donors (Lipinski definition) is 2. The number of piperidine rings is 1. The molecule has 2 N–H and O–H groups in total. The molecule has 2 rings (SSSR count). The first-order chi connectivity index (χ1) is 9.46. The largest absolute Gasteiger partial charge is 0.314 e. The van der Waals surface area contributed by atoms with E-state index in [0.29, 0.717) is 18.3 Å². The van der Waals surface area contributed by atoms with Crippen LogP contribution in [0.25, 0.3) is 0 Å². The molecule has 1 aliphatic rings. The maximum Gasteiger partial charge on any atom is 0.233 e. The van der Waals surface area contributed by atoms with E-state index in [1.807, 2.05) is 13.0 Å². The molecule has 0 saturated carbocycles. The van der Waals surface area contributed by atoms with Crippen molar-refractivity contribution < 1.29 is 8.42 Å². The summed E-state index contributed by atoms with van der Waals surface area (Å²) < 4.78 is 27.6. The Morgan fingerprint density at radius 3 is 2.95 bits per heavy atom. The van der Waals surface area contributed by atoms with Crippen molar-refractivity contribution in [1.82, 2.24) is 10.3 Å². The Balaban J connectivity index is 1.93. The number of rotatable bonds is 5. The van der Waals surface area contributed by atoms with Gasteiger partial charge in [0.15, 0.2) is 0 Å². The first kappa shape index (κ1) is 15.7. The lowest BCUT2D eigenvalue weighted by atomic mass is 10.0. The summed E-state index contributed by atoms with van der Waals surface area (Å²) in [5.74, 6) is 0.534. The van der Waals surface area contributed by atoms with Gasteiger partial charge >= 0.3 is 0 Å². The van der Waals surface area contributed by atoms with Crippen molar-refractivity contribution in [3.8, 4) is 0 Å². The molecule has 5 nitrogen and oxygen atoms in total. The molecule has 112 valence electrons. The normalized spacial score (nSPS) is 19.8. The number of hydrogen-bond acceptors (Lipinski definition) is 4. The van der Waals surface area contributed by atoms with Gasteiger partial charge in [0.25, 0.3) is 0 Å².